The summed E-state index contributed by atoms with van der Waals surface area (Å²) in [5.41, 5.74) is 0.780. The fraction of sp³-hybridized carbons (Fsp3) is 0.167. The Kier molecular flexibility index (Phi) is 5.25. The molecule has 0 saturated heterocycles. The summed E-state index contributed by atoms with van der Waals surface area (Å²) >= 11 is 0. The molecular formula is C18H17NO4. The predicted molar refractivity (Wildman–Crippen MR) is 86.0 cm³/mol. The molecule has 118 valence electrons. The monoisotopic (exact) mass is 311 g/mol. The van der Waals surface area contributed by atoms with Gasteiger partial charge in [0.2, 0.25) is 0 Å². The van der Waals surface area contributed by atoms with Gasteiger partial charge in [0.05, 0.1) is 5.56 Å². The number of rotatable bonds is 5. The van der Waals surface area contributed by atoms with E-state index in [2.05, 4.69) is 5.32 Å². The van der Waals surface area contributed by atoms with Gasteiger partial charge < -0.3 is 10.1 Å². The molecule has 0 bridgehead atoms. The average molecular weight is 311 g/mol. The van der Waals surface area contributed by atoms with Crippen molar-refractivity contribution in [1.82, 2.24) is 5.32 Å². The Bertz CT molecular complexity index is 737. The van der Waals surface area contributed by atoms with Gasteiger partial charge in [0.25, 0.3) is 0 Å². The third-order valence-electron chi connectivity index (χ3n) is 3.07. The molecule has 0 aromatic heterocycles. The highest BCUT2D eigenvalue weighted by Gasteiger charge is 2.19. The minimum absolute atomic E-state index is 0.0823. The lowest BCUT2D eigenvalue weighted by atomic mass is 9.98. The van der Waals surface area contributed by atoms with Crippen LogP contribution in [0.2, 0.25) is 0 Å². The van der Waals surface area contributed by atoms with Gasteiger partial charge >= 0.3 is 6.09 Å². The summed E-state index contributed by atoms with van der Waals surface area (Å²) in [6.45, 7) is 3.61. The Labute approximate surface area is 134 Å². The SMILES string of the molecule is CC(C)NC(=O)Oc1ccccc1C(=O)c1ccccc1C=O. The predicted octanol–water partition coefficient (Wildman–Crippen LogP) is 3.23. The molecule has 0 fully saturated rings. The van der Waals surface area contributed by atoms with Crippen molar-refractivity contribution in [2.45, 2.75) is 19.9 Å². The van der Waals surface area contributed by atoms with Crippen molar-refractivity contribution in [3.63, 3.8) is 0 Å². The van der Waals surface area contributed by atoms with Gasteiger partial charge in [0, 0.05) is 17.2 Å². The first-order chi connectivity index (χ1) is 11.0. The summed E-state index contributed by atoms with van der Waals surface area (Å²) in [6.07, 6.45) is -0.00810. The number of benzene rings is 2. The first kappa shape index (κ1) is 16.4. The zero-order valence-electron chi connectivity index (χ0n) is 12.9. The largest absolute Gasteiger partial charge is 0.412 e. The lowest BCUT2D eigenvalue weighted by Gasteiger charge is -2.12. The highest BCUT2D eigenvalue weighted by Crippen LogP contribution is 2.23. The molecule has 0 atom stereocenters. The molecule has 2 aromatic rings. The van der Waals surface area contributed by atoms with Crippen LogP contribution in [-0.2, 0) is 0 Å². The Morgan fingerprint density at radius 1 is 1.00 bits per heavy atom. The van der Waals surface area contributed by atoms with E-state index in [1.807, 2.05) is 0 Å². The van der Waals surface area contributed by atoms with Crippen LogP contribution in [0.5, 0.6) is 5.75 Å². The highest BCUT2D eigenvalue weighted by molar-refractivity contribution is 6.14. The zero-order valence-corrected chi connectivity index (χ0v) is 12.9. The number of ether oxygens (including phenoxy) is 1. The van der Waals surface area contributed by atoms with Crippen molar-refractivity contribution in [2.75, 3.05) is 0 Å². The number of nitrogens with one attached hydrogen (secondary N) is 1. The standard InChI is InChI=1S/C18H17NO4/c1-12(2)19-18(22)23-16-10-6-5-9-15(16)17(21)14-8-4-3-7-13(14)11-20/h3-12H,1-2H3,(H,19,22). The Morgan fingerprint density at radius 3 is 2.26 bits per heavy atom. The number of aldehydes is 1. The van der Waals surface area contributed by atoms with Crippen molar-refractivity contribution < 1.29 is 19.1 Å². The first-order valence-electron chi connectivity index (χ1n) is 7.19. The molecular weight excluding hydrogens is 294 g/mol. The summed E-state index contributed by atoms with van der Waals surface area (Å²) < 4.78 is 5.21. The number of ketones is 1. The number of para-hydroxylation sites is 1. The van der Waals surface area contributed by atoms with Gasteiger partial charge in [-0.3, -0.25) is 9.59 Å². The van der Waals surface area contributed by atoms with Gasteiger partial charge in [0.15, 0.2) is 12.1 Å². The van der Waals surface area contributed by atoms with Crippen LogP contribution in [0.1, 0.15) is 40.1 Å². The number of hydrogen-bond acceptors (Lipinski definition) is 4. The Balaban J connectivity index is 2.34. The molecule has 2 rings (SSSR count). The van der Waals surface area contributed by atoms with Gasteiger partial charge in [-0.05, 0) is 26.0 Å². The van der Waals surface area contributed by atoms with Crippen LogP contribution in [0.4, 0.5) is 4.79 Å². The quantitative estimate of drug-likeness (QED) is 0.679. The minimum Gasteiger partial charge on any atom is -0.410 e. The van der Waals surface area contributed by atoms with Crippen LogP contribution in [-0.4, -0.2) is 24.2 Å². The fourth-order valence-electron chi connectivity index (χ4n) is 2.06. The van der Waals surface area contributed by atoms with Gasteiger partial charge in [-0.1, -0.05) is 36.4 Å². The second kappa shape index (κ2) is 7.35. The second-order valence-electron chi connectivity index (χ2n) is 5.22. The van der Waals surface area contributed by atoms with Crippen LogP contribution in [0.3, 0.4) is 0 Å². The van der Waals surface area contributed by atoms with E-state index in [4.69, 9.17) is 4.74 Å². The van der Waals surface area contributed by atoms with E-state index in [1.165, 1.54) is 6.07 Å². The van der Waals surface area contributed by atoms with Crippen molar-refractivity contribution in [3.05, 3.63) is 65.2 Å². The first-order valence-corrected chi connectivity index (χ1v) is 7.19. The summed E-state index contributed by atoms with van der Waals surface area (Å²) in [5.74, 6) is -0.225. The van der Waals surface area contributed by atoms with Gasteiger partial charge in [-0.15, -0.1) is 0 Å². The number of carbonyl (C=O) groups is 3. The average Bonchev–Trinajstić information content (AvgIpc) is 2.54. The molecule has 1 amide bonds. The molecule has 0 aliphatic rings. The van der Waals surface area contributed by atoms with E-state index in [1.54, 1.807) is 56.3 Å². The lowest BCUT2D eigenvalue weighted by molar-refractivity contribution is 0.102. The van der Waals surface area contributed by atoms with Crippen molar-refractivity contribution >= 4 is 18.2 Å². The van der Waals surface area contributed by atoms with Crippen LogP contribution >= 0.6 is 0 Å². The van der Waals surface area contributed by atoms with Crippen LogP contribution in [0.15, 0.2) is 48.5 Å². The number of hydrogen-bond donors (Lipinski definition) is 1. The molecule has 0 aliphatic heterocycles. The molecule has 1 N–H and O–H groups in total. The molecule has 0 heterocycles. The van der Waals surface area contributed by atoms with E-state index >= 15 is 0 Å². The van der Waals surface area contributed by atoms with Gasteiger partial charge in [-0.25, -0.2) is 4.79 Å². The molecule has 0 radical (unpaired) electrons. The maximum atomic E-state index is 12.7. The minimum atomic E-state index is -0.635. The number of carbonyl (C=O) groups excluding carboxylic acids is 3. The topological polar surface area (TPSA) is 72.5 Å². The molecule has 5 nitrogen and oxygen atoms in total. The van der Waals surface area contributed by atoms with Crippen molar-refractivity contribution in [3.8, 4) is 5.75 Å². The van der Waals surface area contributed by atoms with Crippen LogP contribution in [0, 0.1) is 0 Å². The third-order valence-corrected chi connectivity index (χ3v) is 3.07. The molecule has 23 heavy (non-hydrogen) atoms. The zero-order chi connectivity index (χ0) is 16.8. The van der Waals surface area contributed by atoms with E-state index in [0.717, 1.165) is 0 Å². The third kappa shape index (κ3) is 4.03. The van der Waals surface area contributed by atoms with Crippen LogP contribution in [0.25, 0.3) is 0 Å². The van der Waals surface area contributed by atoms with E-state index < -0.39 is 6.09 Å². The van der Waals surface area contributed by atoms with Gasteiger partial charge in [-0.2, -0.15) is 0 Å². The normalized spacial score (nSPS) is 10.2. The van der Waals surface area contributed by atoms with Crippen molar-refractivity contribution in [1.29, 1.82) is 0 Å². The van der Waals surface area contributed by atoms with E-state index in [-0.39, 0.29) is 28.7 Å². The molecule has 2 aromatic carbocycles. The maximum absolute atomic E-state index is 12.7. The fourth-order valence-corrected chi connectivity index (χ4v) is 2.06. The molecule has 0 saturated carbocycles. The number of amides is 1. The second-order valence-corrected chi connectivity index (χ2v) is 5.22. The lowest BCUT2D eigenvalue weighted by Crippen LogP contribution is -2.33. The molecule has 5 heteroatoms. The van der Waals surface area contributed by atoms with Crippen molar-refractivity contribution in [2.24, 2.45) is 0 Å². The Morgan fingerprint density at radius 2 is 1.61 bits per heavy atom. The van der Waals surface area contributed by atoms with Crippen LogP contribution < -0.4 is 10.1 Å². The van der Waals surface area contributed by atoms with E-state index in [0.29, 0.717) is 11.8 Å². The highest BCUT2D eigenvalue weighted by atomic mass is 16.6. The molecule has 0 spiro atoms. The van der Waals surface area contributed by atoms with Gasteiger partial charge in [0.1, 0.15) is 5.75 Å². The maximum Gasteiger partial charge on any atom is 0.412 e. The smallest absolute Gasteiger partial charge is 0.410 e. The summed E-state index contributed by atoms with van der Waals surface area (Å²) in [4.78, 5) is 35.5. The molecule has 0 aliphatic carbocycles. The summed E-state index contributed by atoms with van der Waals surface area (Å²) in [7, 11) is 0. The summed E-state index contributed by atoms with van der Waals surface area (Å²) in [5, 5.41) is 2.59. The molecule has 0 unspecified atom stereocenters. The Hall–Kier alpha value is -2.95. The van der Waals surface area contributed by atoms with E-state index in [9.17, 15) is 14.4 Å². The summed E-state index contributed by atoms with van der Waals surface area (Å²) in [6, 6.07) is 12.8.